The molecule has 6 heteroatoms. The van der Waals surface area contributed by atoms with Crippen LogP contribution < -0.4 is 5.32 Å². The van der Waals surface area contributed by atoms with Crippen molar-refractivity contribution >= 4 is 23.3 Å². The molecule has 1 aliphatic heterocycles. The van der Waals surface area contributed by atoms with Gasteiger partial charge in [-0.15, -0.1) is 12.4 Å². The van der Waals surface area contributed by atoms with Crippen LogP contribution in [0.1, 0.15) is 17.2 Å². The topological polar surface area (TPSA) is 56.8 Å². The first-order valence-corrected chi connectivity index (χ1v) is 7.67. The van der Waals surface area contributed by atoms with Crippen molar-refractivity contribution in [2.45, 2.75) is 12.6 Å². The van der Waals surface area contributed by atoms with E-state index in [9.17, 15) is 0 Å². The SMILES string of the molecule is Cl.c1cc(C2CNCCN2Cc2ccc3cn[nH]c3c2)ccn1. The van der Waals surface area contributed by atoms with Gasteiger partial charge in [0.1, 0.15) is 0 Å². The van der Waals surface area contributed by atoms with Crippen LogP contribution in [0.4, 0.5) is 0 Å². The van der Waals surface area contributed by atoms with Crippen LogP contribution in [0.25, 0.3) is 10.9 Å². The highest BCUT2D eigenvalue weighted by atomic mass is 35.5. The third-order valence-electron chi connectivity index (χ3n) is 4.34. The molecule has 23 heavy (non-hydrogen) atoms. The molecule has 3 heterocycles. The minimum atomic E-state index is 0. The van der Waals surface area contributed by atoms with Gasteiger partial charge in [0.25, 0.3) is 0 Å². The lowest BCUT2D eigenvalue weighted by Gasteiger charge is -2.36. The number of hydrogen-bond donors (Lipinski definition) is 2. The first kappa shape index (κ1) is 15.9. The van der Waals surface area contributed by atoms with Gasteiger partial charge in [-0.2, -0.15) is 5.10 Å². The molecule has 4 rings (SSSR count). The Hall–Kier alpha value is -1.95. The second-order valence-electron chi connectivity index (χ2n) is 5.76. The second kappa shape index (κ2) is 7.08. The average molecular weight is 330 g/mol. The number of rotatable bonds is 3. The lowest BCUT2D eigenvalue weighted by molar-refractivity contribution is 0.154. The largest absolute Gasteiger partial charge is 0.314 e. The van der Waals surface area contributed by atoms with Gasteiger partial charge >= 0.3 is 0 Å². The fraction of sp³-hybridized carbons (Fsp3) is 0.294. The first-order chi connectivity index (χ1) is 10.9. The van der Waals surface area contributed by atoms with E-state index in [2.05, 4.69) is 55.7 Å². The average Bonchev–Trinajstić information content (AvgIpc) is 3.04. The van der Waals surface area contributed by atoms with E-state index in [1.54, 1.807) is 0 Å². The predicted molar refractivity (Wildman–Crippen MR) is 93.6 cm³/mol. The molecule has 2 aromatic heterocycles. The third kappa shape index (κ3) is 3.37. The molecule has 0 radical (unpaired) electrons. The van der Waals surface area contributed by atoms with Gasteiger partial charge in [-0.05, 0) is 29.3 Å². The molecular formula is C17H20ClN5. The standard InChI is InChI=1S/C17H19N5.ClH/c1-2-15-10-20-21-16(15)9-13(1)12-22-8-7-19-11-17(22)14-3-5-18-6-4-14;/h1-6,9-10,17,19H,7-8,11-12H2,(H,20,21);1H. The van der Waals surface area contributed by atoms with Crippen LogP contribution in [0.3, 0.4) is 0 Å². The van der Waals surface area contributed by atoms with Gasteiger partial charge in [-0.3, -0.25) is 15.0 Å². The number of aromatic amines is 1. The van der Waals surface area contributed by atoms with E-state index < -0.39 is 0 Å². The van der Waals surface area contributed by atoms with E-state index in [0.717, 1.165) is 37.1 Å². The summed E-state index contributed by atoms with van der Waals surface area (Å²) in [4.78, 5) is 6.66. The van der Waals surface area contributed by atoms with Crippen LogP contribution >= 0.6 is 12.4 Å². The number of nitrogens with one attached hydrogen (secondary N) is 2. The van der Waals surface area contributed by atoms with Crippen LogP contribution in [-0.2, 0) is 6.54 Å². The summed E-state index contributed by atoms with van der Waals surface area (Å²) in [6.45, 7) is 4.02. The molecule has 2 N–H and O–H groups in total. The number of nitrogens with zero attached hydrogens (tertiary/aromatic N) is 3. The highest BCUT2D eigenvalue weighted by Gasteiger charge is 2.23. The van der Waals surface area contributed by atoms with E-state index in [-0.39, 0.29) is 12.4 Å². The fourth-order valence-corrected chi connectivity index (χ4v) is 3.17. The summed E-state index contributed by atoms with van der Waals surface area (Å²) in [6.07, 6.45) is 5.61. The molecule has 1 atom stereocenters. The number of benzene rings is 1. The third-order valence-corrected chi connectivity index (χ3v) is 4.34. The summed E-state index contributed by atoms with van der Waals surface area (Å²) in [5.41, 5.74) is 3.75. The molecule has 120 valence electrons. The van der Waals surface area contributed by atoms with E-state index in [1.807, 2.05) is 18.6 Å². The zero-order chi connectivity index (χ0) is 14.8. The van der Waals surface area contributed by atoms with Crippen molar-refractivity contribution in [1.82, 2.24) is 25.4 Å². The molecule has 0 aliphatic carbocycles. The van der Waals surface area contributed by atoms with Gasteiger partial charge in [0.15, 0.2) is 0 Å². The Balaban J connectivity index is 0.00000156. The number of piperazine rings is 1. The molecule has 0 bridgehead atoms. The summed E-state index contributed by atoms with van der Waals surface area (Å²) in [6, 6.07) is 11.2. The highest BCUT2D eigenvalue weighted by molar-refractivity contribution is 5.85. The lowest BCUT2D eigenvalue weighted by atomic mass is 10.0. The maximum Gasteiger partial charge on any atom is 0.0653 e. The van der Waals surface area contributed by atoms with Crippen molar-refractivity contribution in [3.63, 3.8) is 0 Å². The maximum atomic E-state index is 4.13. The van der Waals surface area contributed by atoms with Crippen molar-refractivity contribution < 1.29 is 0 Å². The van der Waals surface area contributed by atoms with Gasteiger partial charge in [0.05, 0.1) is 11.7 Å². The minimum Gasteiger partial charge on any atom is -0.314 e. The molecule has 1 fully saturated rings. The highest BCUT2D eigenvalue weighted by Crippen LogP contribution is 2.24. The van der Waals surface area contributed by atoms with Crippen LogP contribution in [-0.4, -0.2) is 39.7 Å². The normalized spacial score (nSPS) is 18.7. The maximum absolute atomic E-state index is 4.13. The predicted octanol–water partition coefficient (Wildman–Crippen LogP) is 2.53. The van der Waals surface area contributed by atoms with E-state index in [1.165, 1.54) is 11.1 Å². The number of aromatic nitrogens is 3. The van der Waals surface area contributed by atoms with Crippen molar-refractivity contribution in [1.29, 1.82) is 0 Å². The number of pyridine rings is 1. The first-order valence-electron chi connectivity index (χ1n) is 7.67. The Labute approximate surface area is 141 Å². The number of hydrogen-bond acceptors (Lipinski definition) is 4. The van der Waals surface area contributed by atoms with Crippen LogP contribution in [0.15, 0.2) is 48.9 Å². The molecular weight excluding hydrogens is 310 g/mol. The number of fused-ring (bicyclic) bond motifs is 1. The van der Waals surface area contributed by atoms with Crippen molar-refractivity contribution in [3.05, 3.63) is 60.0 Å². The van der Waals surface area contributed by atoms with E-state index >= 15 is 0 Å². The molecule has 1 aliphatic rings. The molecule has 0 amide bonds. The zero-order valence-corrected chi connectivity index (χ0v) is 13.6. The van der Waals surface area contributed by atoms with Gasteiger partial charge in [-0.1, -0.05) is 12.1 Å². The van der Waals surface area contributed by atoms with Crippen LogP contribution in [0.2, 0.25) is 0 Å². The van der Waals surface area contributed by atoms with Gasteiger partial charge in [0, 0.05) is 50.0 Å². The Bertz CT molecular complexity index is 758. The van der Waals surface area contributed by atoms with Crippen LogP contribution in [0, 0.1) is 0 Å². The monoisotopic (exact) mass is 329 g/mol. The van der Waals surface area contributed by atoms with E-state index in [0.29, 0.717) is 6.04 Å². The summed E-state index contributed by atoms with van der Waals surface area (Å²) in [5.74, 6) is 0. The molecule has 1 unspecified atom stereocenters. The minimum absolute atomic E-state index is 0. The summed E-state index contributed by atoms with van der Waals surface area (Å²) < 4.78 is 0. The Kier molecular flexibility index (Phi) is 4.91. The van der Waals surface area contributed by atoms with E-state index in [4.69, 9.17) is 0 Å². The number of H-pyrrole nitrogens is 1. The Morgan fingerprint density at radius 1 is 1.17 bits per heavy atom. The fourth-order valence-electron chi connectivity index (χ4n) is 3.17. The van der Waals surface area contributed by atoms with Gasteiger partial charge < -0.3 is 5.32 Å². The molecule has 3 aromatic rings. The zero-order valence-electron chi connectivity index (χ0n) is 12.8. The van der Waals surface area contributed by atoms with Gasteiger partial charge in [0.2, 0.25) is 0 Å². The lowest BCUT2D eigenvalue weighted by Crippen LogP contribution is -2.45. The second-order valence-corrected chi connectivity index (χ2v) is 5.76. The Morgan fingerprint density at radius 2 is 2.04 bits per heavy atom. The molecule has 0 spiro atoms. The quantitative estimate of drug-likeness (QED) is 0.775. The summed E-state index contributed by atoms with van der Waals surface area (Å²) >= 11 is 0. The molecule has 5 nitrogen and oxygen atoms in total. The molecule has 1 aromatic carbocycles. The number of halogens is 1. The smallest absolute Gasteiger partial charge is 0.0653 e. The van der Waals surface area contributed by atoms with Crippen molar-refractivity contribution in [2.24, 2.45) is 0 Å². The van der Waals surface area contributed by atoms with Crippen LogP contribution in [0.5, 0.6) is 0 Å². The summed E-state index contributed by atoms with van der Waals surface area (Å²) in [7, 11) is 0. The molecule has 0 saturated carbocycles. The van der Waals surface area contributed by atoms with Crippen molar-refractivity contribution in [2.75, 3.05) is 19.6 Å². The molecule has 1 saturated heterocycles. The van der Waals surface area contributed by atoms with Gasteiger partial charge in [-0.25, -0.2) is 0 Å². The Morgan fingerprint density at radius 3 is 2.91 bits per heavy atom. The summed E-state index contributed by atoms with van der Waals surface area (Å²) in [5, 5.41) is 11.8. The van der Waals surface area contributed by atoms with Crippen molar-refractivity contribution in [3.8, 4) is 0 Å².